The molecule has 0 aliphatic heterocycles. The number of nitrogens with one attached hydrogen (secondary N) is 1. The number of thiol groups is 1. The summed E-state index contributed by atoms with van der Waals surface area (Å²) in [5, 5.41) is 2.98. The number of amides is 1. The van der Waals surface area contributed by atoms with E-state index in [0.717, 1.165) is 19.3 Å². The number of hydrogen-bond donors (Lipinski definition) is 2. The normalized spacial score (nSPS) is 27.5. The molecule has 0 radical (unpaired) electrons. The third kappa shape index (κ3) is 3.56. The fraction of sp³-hybridized carbons (Fsp3) is 0.889. The average Bonchev–Trinajstić information content (AvgIpc) is 2.52. The second kappa shape index (κ2) is 5.50. The second-order valence-corrected chi connectivity index (χ2v) is 3.86. The summed E-state index contributed by atoms with van der Waals surface area (Å²) in [6, 6.07) is 0.317. The highest BCUT2D eigenvalue weighted by atomic mass is 32.1. The molecular weight excluding hydrogens is 186 g/mol. The molecule has 3 nitrogen and oxygen atoms in total. The Morgan fingerprint density at radius 1 is 1.62 bits per heavy atom. The molecule has 0 bridgehead atoms. The molecule has 0 aromatic heterocycles. The summed E-state index contributed by atoms with van der Waals surface area (Å²) in [7, 11) is 1.72. The molecule has 4 heteroatoms. The van der Waals surface area contributed by atoms with Crippen molar-refractivity contribution in [3.63, 3.8) is 0 Å². The van der Waals surface area contributed by atoms with Gasteiger partial charge in [0.2, 0.25) is 5.91 Å². The smallest absolute Gasteiger partial charge is 0.221 e. The van der Waals surface area contributed by atoms with Gasteiger partial charge in [0.25, 0.3) is 0 Å². The summed E-state index contributed by atoms with van der Waals surface area (Å²) in [5.41, 5.74) is 0. The van der Waals surface area contributed by atoms with E-state index in [1.165, 1.54) is 0 Å². The van der Waals surface area contributed by atoms with Crippen LogP contribution in [-0.2, 0) is 9.53 Å². The van der Waals surface area contributed by atoms with Crippen LogP contribution in [0.15, 0.2) is 0 Å². The minimum atomic E-state index is 0.108. The van der Waals surface area contributed by atoms with Gasteiger partial charge in [-0.3, -0.25) is 4.79 Å². The van der Waals surface area contributed by atoms with Crippen molar-refractivity contribution < 1.29 is 9.53 Å². The molecule has 0 heterocycles. The van der Waals surface area contributed by atoms with E-state index in [1.54, 1.807) is 7.11 Å². The van der Waals surface area contributed by atoms with E-state index >= 15 is 0 Å². The van der Waals surface area contributed by atoms with Crippen molar-refractivity contribution >= 4 is 18.5 Å². The van der Waals surface area contributed by atoms with Crippen molar-refractivity contribution in [2.75, 3.05) is 12.9 Å². The Hall–Kier alpha value is -0.220. The lowest BCUT2D eigenvalue weighted by Gasteiger charge is -2.12. The first-order valence-electron chi connectivity index (χ1n) is 4.69. The Kier molecular flexibility index (Phi) is 4.59. The van der Waals surface area contributed by atoms with Crippen LogP contribution in [0.2, 0.25) is 0 Å². The maximum absolute atomic E-state index is 11.2. The lowest BCUT2D eigenvalue weighted by molar-refractivity contribution is -0.121. The Balaban J connectivity index is 2.19. The van der Waals surface area contributed by atoms with E-state index in [2.05, 4.69) is 17.9 Å². The SMILES string of the molecule is COC1CCC(NC(=O)CCS)C1. The summed E-state index contributed by atoms with van der Waals surface area (Å²) in [5.74, 6) is 0.725. The molecule has 1 saturated carbocycles. The zero-order chi connectivity index (χ0) is 9.68. The first kappa shape index (κ1) is 10.9. The van der Waals surface area contributed by atoms with Gasteiger partial charge in [-0.25, -0.2) is 0 Å². The van der Waals surface area contributed by atoms with Crippen LogP contribution in [0.25, 0.3) is 0 Å². The van der Waals surface area contributed by atoms with Gasteiger partial charge >= 0.3 is 0 Å². The van der Waals surface area contributed by atoms with Crippen LogP contribution in [0.1, 0.15) is 25.7 Å². The predicted octanol–water partition coefficient (Wildman–Crippen LogP) is 0.990. The van der Waals surface area contributed by atoms with Crippen LogP contribution in [0, 0.1) is 0 Å². The van der Waals surface area contributed by atoms with Gasteiger partial charge in [0, 0.05) is 19.6 Å². The van der Waals surface area contributed by atoms with E-state index in [-0.39, 0.29) is 5.91 Å². The van der Waals surface area contributed by atoms with Crippen LogP contribution < -0.4 is 5.32 Å². The molecule has 1 N–H and O–H groups in total. The molecule has 1 aliphatic rings. The minimum Gasteiger partial charge on any atom is -0.381 e. The fourth-order valence-corrected chi connectivity index (χ4v) is 1.89. The van der Waals surface area contributed by atoms with Crippen LogP contribution in [0.4, 0.5) is 0 Å². The molecule has 1 aliphatic carbocycles. The Morgan fingerprint density at radius 2 is 2.38 bits per heavy atom. The monoisotopic (exact) mass is 203 g/mol. The van der Waals surface area contributed by atoms with Crippen LogP contribution in [0.3, 0.4) is 0 Å². The molecule has 2 atom stereocenters. The number of hydrogen-bond acceptors (Lipinski definition) is 3. The van der Waals surface area contributed by atoms with Gasteiger partial charge in [-0.1, -0.05) is 0 Å². The van der Waals surface area contributed by atoms with Gasteiger partial charge in [0.1, 0.15) is 0 Å². The van der Waals surface area contributed by atoms with Crippen molar-refractivity contribution in [2.24, 2.45) is 0 Å². The van der Waals surface area contributed by atoms with Crippen LogP contribution in [-0.4, -0.2) is 30.9 Å². The molecule has 76 valence electrons. The van der Waals surface area contributed by atoms with Crippen LogP contribution >= 0.6 is 12.6 Å². The van der Waals surface area contributed by atoms with Crippen molar-refractivity contribution in [1.29, 1.82) is 0 Å². The average molecular weight is 203 g/mol. The molecule has 1 fully saturated rings. The zero-order valence-electron chi connectivity index (χ0n) is 7.95. The molecule has 0 aromatic rings. The van der Waals surface area contributed by atoms with Crippen molar-refractivity contribution in [3.05, 3.63) is 0 Å². The van der Waals surface area contributed by atoms with Gasteiger partial charge < -0.3 is 10.1 Å². The maximum Gasteiger partial charge on any atom is 0.221 e. The quantitative estimate of drug-likeness (QED) is 0.669. The third-order valence-electron chi connectivity index (χ3n) is 2.42. The molecule has 13 heavy (non-hydrogen) atoms. The molecule has 1 rings (SSSR count). The van der Waals surface area contributed by atoms with Crippen molar-refractivity contribution in [2.45, 2.75) is 37.8 Å². The number of carbonyl (C=O) groups excluding carboxylic acids is 1. The minimum absolute atomic E-state index is 0.108. The summed E-state index contributed by atoms with van der Waals surface area (Å²) in [6.45, 7) is 0. The van der Waals surface area contributed by atoms with E-state index in [4.69, 9.17) is 4.74 Å². The zero-order valence-corrected chi connectivity index (χ0v) is 8.85. The summed E-state index contributed by atoms with van der Waals surface area (Å²) in [6.07, 6.45) is 3.90. The van der Waals surface area contributed by atoms with E-state index in [1.807, 2.05) is 0 Å². The molecule has 1 amide bonds. The summed E-state index contributed by atoms with van der Waals surface area (Å²) < 4.78 is 5.22. The summed E-state index contributed by atoms with van der Waals surface area (Å²) in [4.78, 5) is 11.2. The molecule has 0 spiro atoms. The van der Waals surface area contributed by atoms with Crippen molar-refractivity contribution in [1.82, 2.24) is 5.32 Å². The fourth-order valence-electron chi connectivity index (χ4n) is 1.69. The number of rotatable bonds is 4. The second-order valence-electron chi connectivity index (χ2n) is 3.41. The Labute approximate surface area is 84.6 Å². The van der Waals surface area contributed by atoms with Gasteiger partial charge in [0.05, 0.1) is 6.10 Å². The number of methoxy groups -OCH3 is 1. The van der Waals surface area contributed by atoms with E-state index in [0.29, 0.717) is 24.3 Å². The van der Waals surface area contributed by atoms with Gasteiger partial charge in [-0.05, 0) is 25.0 Å². The first-order chi connectivity index (χ1) is 6.26. The van der Waals surface area contributed by atoms with E-state index < -0.39 is 0 Å². The lowest BCUT2D eigenvalue weighted by atomic mass is 10.2. The Bertz CT molecular complexity index is 175. The first-order valence-corrected chi connectivity index (χ1v) is 5.32. The van der Waals surface area contributed by atoms with Gasteiger partial charge in [0.15, 0.2) is 0 Å². The standard InChI is InChI=1S/C9H17NO2S/c1-12-8-3-2-7(6-8)10-9(11)4-5-13/h7-8,13H,2-6H2,1H3,(H,10,11). The third-order valence-corrected chi connectivity index (χ3v) is 2.65. The Morgan fingerprint density at radius 3 is 2.92 bits per heavy atom. The van der Waals surface area contributed by atoms with Gasteiger partial charge in [-0.15, -0.1) is 0 Å². The van der Waals surface area contributed by atoms with Crippen molar-refractivity contribution in [3.8, 4) is 0 Å². The number of ether oxygens (including phenoxy) is 1. The van der Waals surface area contributed by atoms with E-state index in [9.17, 15) is 4.79 Å². The maximum atomic E-state index is 11.2. The van der Waals surface area contributed by atoms with Gasteiger partial charge in [-0.2, -0.15) is 12.6 Å². The molecule has 2 unspecified atom stereocenters. The largest absolute Gasteiger partial charge is 0.381 e. The molecular formula is C9H17NO2S. The van der Waals surface area contributed by atoms with Crippen LogP contribution in [0.5, 0.6) is 0 Å². The molecule has 0 aromatic carbocycles. The predicted molar refractivity (Wildman–Crippen MR) is 55.0 cm³/mol. The topological polar surface area (TPSA) is 38.3 Å². The lowest BCUT2D eigenvalue weighted by Crippen LogP contribution is -2.33. The highest BCUT2D eigenvalue weighted by molar-refractivity contribution is 7.80. The summed E-state index contributed by atoms with van der Waals surface area (Å²) >= 11 is 4.01. The number of carbonyl (C=O) groups is 1. The molecule has 0 saturated heterocycles. The highest BCUT2D eigenvalue weighted by Gasteiger charge is 2.25. The highest BCUT2D eigenvalue weighted by Crippen LogP contribution is 2.21.